The number of aryl methyl sites for hydroxylation is 2. The molecule has 0 radical (unpaired) electrons. The summed E-state index contributed by atoms with van der Waals surface area (Å²) in [7, 11) is 0. The summed E-state index contributed by atoms with van der Waals surface area (Å²) in [5, 5.41) is 16.9. The van der Waals surface area contributed by atoms with Crippen molar-refractivity contribution in [1.29, 1.82) is 0 Å². The number of ketones is 1. The second-order valence-corrected chi connectivity index (χ2v) is 10.1. The average Bonchev–Trinajstić information content (AvgIpc) is 3.39. The highest BCUT2D eigenvalue weighted by atomic mass is 16.4. The number of nitrogens with zero attached hydrogens (tertiary/aromatic N) is 4. The molecule has 2 aliphatic rings. The van der Waals surface area contributed by atoms with Crippen LogP contribution in [0.25, 0.3) is 23.2 Å². The normalized spacial score (nSPS) is 23.5. The van der Waals surface area contributed by atoms with E-state index in [2.05, 4.69) is 44.2 Å². The fourth-order valence-corrected chi connectivity index (χ4v) is 5.04. The van der Waals surface area contributed by atoms with E-state index in [1.807, 2.05) is 27.7 Å². The minimum atomic E-state index is -0.0684. The molecule has 0 saturated heterocycles. The van der Waals surface area contributed by atoms with Gasteiger partial charge in [-0.15, -0.1) is 20.4 Å². The lowest BCUT2D eigenvalue weighted by Gasteiger charge is -2.04. The van der Waals surface area contributed by atoms with E-state index in [9.17, 15) is 4.79 Å². The second-order valence-electron chi connectivity index (χ2n) is 10.1. The molecule has 9 nitrogen and oxygen atoms in total. The van der Waals surface area contributed by atoms with Crippen LogP contribution in [0.4, 0.5) is 0 Å². The summed E-state index contributed by atoms with van der Waals surface area (Å²) in [5.41, 5.74) is 5.74. The molecule has 4 heterocycles. The molecule has 2 saturated carbocycles. The van der Waals surface area contributed by atoms with E-state index in [-0.39, 0.29) is 5.78 Å². The highest BCUT2D eigenvalue weighted by molar-refractivity contribution is 6.13. The summed E-state index contributed by atoms with van der Waals surface area (Å²) in [4.78, 5) is 20.4. The van der Waals surface area contributed by atoms with Crippen LogP contribution in [0.1, 0.15) is 88.7 Å². The first-order valence-electron chi connectivity index (χ1n) is 11.8. The molecule has 6 rings (SSSR count). The van der Waals surface area contributed by atoms with Crippen molar-refractivity contribution < 1.29 is 13.6 Å². The third kappa shape index (κ3) is 3.17. The van der Waals surface area contributed by atoms with E-state index in [0.29, 0.717) is 69.7 Å². The van der Waals surface area contributed by atoms with Gasteiger partial charge in [0.1, 0.15) is 11.4 Å². The Morgan fingerprint density at radius 3 is 1.47 bits per heavy atom. The zero-order chi connectivity index (χ0) is 23.9. The lowest BCUT2D eigenvalue weighted by molar-refractivity contribution is 0.103. The first kappa shape index (κ1) is 21.1. The lowest BCUT2D eigenvalue weighted by Crippen LogP contribution is -2.06. The van der Waals surface area contributed by atoms with E-state index < -0.39 is 0 Å². The van der Waals surface area contributed by atoms with Crippen LogP contribution in [0.5, 0.6) is 0 Å². The Hall–Kier alpha value is -3.49. The molecular weight excluding hydrogens is 432 g/mol. The fraction of sp³-hybridized carbons (Fsp3) is 0.480. The first-order chi connectivity index (χ1) is 16.2. The minimum Gasteiger partial charge on any atom is -0.419 e. The summed E-state index contributed by atoms with van der Waals surface area (Å²) < 4.78 is 11.9. The van der Waals surface area contributed by atoms with Crippen LogP contribution in [-0.4, -0.2) is 36.1 Å². The van der Waals surface area contributed by atoms with Crippen molar-refractivity contribution in [1.82, 2.24) is 30.4 Å². The van der Waals surface area contributed by atoms with Gasteiger partial charge >= 0.3 is 0 Å². The zero-order valence-electron chi connectivity index (χ0n) is 20.2. The van der Waals surface area contributed by atoms with Crippen LogP contribution >= 0.6 is 0 Å². The summed E-state index contributed by atoms with van der Waals surface area (Å²) in [6.07, 6.45) is 2.15. The molecule has 4 aromatic rings. The van der Waals surface area contributed by atoms with E-state index >= 15 is 0 Å². The average molecular weight is 461 g/mol. The molecule has 176 valence electrons. The summed E-state index contributed by atoms with van der Waals surface area (Å²) in [6, 6.07) is 0. The molecule has 4 unspecified atom stereocenters. The number of rotatable bonds is 6. The van der Waals surface area contributed by atoms with E-state index in [1.54, 1.807) is 0 Å². The fourth-order valence-electron chi connectivity index (χ4n) is 5.04. The van der Waals surface area contributed by atoms with E-state index in [1.165, 1.54) is 0 Å². The molecule has 9 heteroatoms. The van der Waals surface area contributed by atoms with Gasteiger partial charge in [-0.3, -0.25) is 4.79 Å². The number of aromatic amines is 2. The van der Waals surface area contributed by atoms with Crippen molar-refractivity contribution in [2.24, 2.45) is 11.8 Å². The van der Waals surface area contributed by atoms with Gasteiger partial charge in [0.2, 0.25) is 11.8 Å². The minimum absolute atomic E-state index is 0.0684. The number of aromatic nitrogens is 6. The number of nitrogens with one attached hydrogen (secondary N) is 2. The van der Waals surface area contributed by atoms with Crippen LogP contribution in [0, 0.1) is 39.5 Å². The van der Waals surface area contributed by atoms with Gasteiger partial charge in [0.15, 0.2) is 5.78 Å². The smallest absolute Gasteiger partial charge is 0.264 e. The Balaban J connectivity index is 1.34. The van der Waals surface area contributed by atoms with Gasteiger partial charge in [0.25, 0.3) is 11.8 Å². The van der Waals surface area contributed by atoms with Gasteiger partial charge < -0.3 is 18.8 Å². The molecule has 2 aliphatic carbocycles. The molecule has 0 amide bonds. The molecule has 0 aromatic carbocycles. The number of H-pyrrole nitrogens is 2. The van der Waals surface area contributed by atoms with Gasteiger partial charge in [-0.2, -0.15) is 0 Å². The van der Waals surface area contributed by atoms with Crippen molar-refractivity contribution in [2.75, 3.05) is 0 Å². The van der Waals surface area contributed by atoms with Crippen molar-refractivity contribution in [3.05, 3.63) is 45.4 Å². The number of hydrogen-bond acceptors (Lipinski definition) is 7. The molecule has 4 aromatic heterocycles. The predicted octanol–water partition coefficient (Wildman–Crippen LogP) is 5.15. The molecule has 34 heavy (non-hydrogen) atoms. The summed E-state index contributed by atoms with van der Waals surface area (Å²) in [6.45, 7) is 12.0. The highest BCUT2D eigenvalue weighted by Gasteiger charge is 2.40. The Bertz CT molecular complexity index is 1330. The third-order valence-corrected chi connectivity index (χ3v) is 7.49. The Kier molecular flexibility index (Phi) is 4.49. The molecule has 0 bridgehead atoms. The van der Waals surface area contributed by atoms with Crippen LogP contribution < -0.4 is 0 Å². The number of hydrogen-bond donors (Lipinski definition) is 2. The highest BCUT2D eigenvalue weighted by Crippen LogP contribution is 2.47. The first-order valence-corrected chi connectivity index (χ1v) is 11.8. The Morgan fingerprint density at radius 2 is 1.12 bits per heavy atom. The lowest BCUT2D eigenvalue weighted by atomic mass is 9.96. The second kappa shape index (κ2) is 7.25. The van der Waals surface area contributed by atoms with Crippen molar-refractivity contribution in [2.45, 2.75) is 66.2 Å². The molecule has 4 atom stereocenters. The van der Waals surface area contributed by atoms with Crippen LogP contribution in [0.3, 0.4) is 0 Å². The molecule has 0 aliphatic heterocycles. The third-order valence-electron chi connectivity index (χ3n) is 7.49. The van der Waals surface area contributed by atoms with Crippen LogP contribution in [0.2, 0.25) is 0 Å². The van der Waals surface area contributed by atoms with Crippen molar-refractivity contribution in [3.63, 3.8) is 0 Å². The standard InChI is InChI=1S/C25H28N6O3/c1-9-7-15(9)22-28-30-24(33-22)19-11(3)17(13(5)26-19)21(32)18-12(4)20(27-14(18)6)25-31-29-23(34-25)16-8-10(16)2/h9-10,15-16,26-27H,7-8H2,1-6H3. The largest absolute Gasteiger partial charge is 0.419 e. The molecule has 2 N–H and O–H groups in total. The Morgan fingerprint density at radius 1 is 0.735 bits per heavy atom. The number of carbonyl (C=O) groups excluding carboxylic acids is 1. The quantitative estimate of drug-likeness (QED) is 0.381. The monoisotopic (exact) mass is 460 g/mol. The maximum absolute atomic E-state index is 13.8. The summed E-state index contributed by atoms with van der Waals surface area (Å²) >= 11 is 0. The van der Waals surface area contributed by atoms with Gasteiger partial charge in [0, 0.05) is 34.4 Å². The topological polar surface area (TPSA) is 126 Å². The van der Waals surface area contributed by atoms with Crippen LogP contribution in [-0.2, 0) is 0 Å². The van der Waals surface area contributed by atoms with E-state index in [0.717, 1.165) is 35.4 Å². The van der Waals surface area contributed by atoms with E-state index in [4.69, 9.17) is 8.83 Å². The van der Waals surface area contributed by atoms with Gasteiger partial charge in [-0.05, 0) is 63.5 Å². The maximum atomic E-state index is 13.8. The molecular formula is C25H28N6O3. The maximum Gasteiger partial charge on any atom is 0.264 e. The summed E-state index contributed by atoms with van der Waals surface area (Å²) in [5.74, 6) is 3.95. The Labute approximate surface area is 196 Å². The van der Waals surface area contributed by atoms with Crippen LogP contribution in [0.15, 0.2) is 8.83 Å². The van der Waals surface area contributed by atoms with Crippen molar-refractivity contribution >= 4 is 5.78 Å². The SMILES string of the molecule is Cc1[nH]c(-c2nnc(C3CC3C)o2)c(C)c1C(=O)c1c(C)[nH]c(-c2nnc(C3CC3C)o2)c1C. The van der Waals surface area contributed by atoms with Gasteiger partial charge in [-0.1, -0.05) is 13.8 Å². The van der Waals surface area contributed by atoms with Crippen molar-refractivity contribution in [3.8, 4) is 23.2 Å². The number of carbonyl (C=O) groups is 1. The predicted molar refractivity (Wildman–Crippen MR) is 124 cm³/mol. The van der Waals surface area contributed by atoms with Gasteiger partial charge in [-0.25, -0.2) is 0 Å². The molecule has 0 spiro atoms. The molecule has 2 fully saturated rings. The zero-order valence-corrected chi connectivity index (χ0v) is 20.2. The van der Waals surface area contributed by atoms with Gasteiger partial charge in [0.05, 0.1) is 0 Å².